The van der Waals surface area contributed by atoms with Crippen LogP contribution in [0.25, 0.3) is 10.9 Å². The maximum absolute atomic E-state index is 13.8. The highest BCUT2D eigenvalue weighted by molar-refractivity contribution is 5.92. The van der Waals surface area contributed by atoms with Gasteiger partial charge in [0, 0.05) is 17.1 Å². The lowest BCUT2D eigenvalue weighted by Crippen LogP contribution is -2.59. The van der Waals surface area contributed by atoms with E-state index in [-0.39, 0.29) is 31.3 Å². The Hall–Kier alpha value is -3.60. The summed E-state index contributed by atoms with van der Waals surface area (Å²) in [5.74, 6) is -2.12. The van der Waals surface area contributed by atoms with Crippen LogP contribution in [0.3, 0.4) is 0 Å². The van der Waals surface area contributed by atoms with Crippen molar-refractivity contribution >= 4 is 34.8 Å². The molecule has 11 nitrogen and oxygen atoms in total. The van der Waals surface area contributed by atoms with Gasteiger partial charge in [0.1, 0.15) is 17.7 Å². The van der Waals surface area contributed by atoms with Crippen LogP contribution in [0, 0.1) is 11.8 Å². The van der Waals surface area contributed by atoms with Crippen LogP contribution in [0.1, 0.15) is 80.2 Å². The maximum atomic E-state index is 13.8. The van der Waals surface area contributed by atoms with Gasteiger partial charge in [0.25, 0.3) is 0 Å². The Morgan fingerprint density at radius 2 is 1.49 bits per heavy atom. The second-order valence-electron chi connectivity index (χ2n) is 12.1. The topological polar surface area (TPSA) is 159 Å². The van der Waals surface area contributed by atoms with Gasteiger partial charge < -0.3 is 35.5 Å². The van der Waals surface area contributed by atoms with E-state index < -0.39 is 53.7 Å². The van der Waals surface area contributed by atoms with Crippen molar-refractivity contribution in [2.45, 2.75) is 111 Å². The first-order valence-electron chi connectivity index (χ1n) is 15.2. The van der Waals surface area contributed by atoms with Crippen LogP contribution >= 0.6 is 0 Å². The fraction of sp³-hybridized carbons (Fsp3) is 0.625. The first kappa shape index (κ1) is 35.6. The molecule has 1 heterocycles. The highest BCUT2D eigenvalue weighted by Gasteiger charge is 2.35. The van der Waals surface area contributed by atoms with Crippen LogP contribution in [0.15, 0.2) is 30.5 Å². The molecule has 2 rings (SSSR count). The van der Waals surface area contributed by atoms with Crippen LogP contribution in [-0.4, -0.2) is 70.4 Å². The van der Waals surface area contributed by atoms with Crippen LogP contribution in [0.2, 0.25) is 0 Å². The van der Waals surface area contributed by atoms with Gasteiger partial charge in [-0.05, 0) is 57.6 Å². The average molecular weight is 603 g/mol. The molecule has 2 aromatic rings. The molecule has 1 aromatic heterocycles. The van der Waals surface area contributed by atoms with Crippen molar-refractivity contribution in [3.8, 4) is 0 Å². The number of ether oxygens (including phenoxy) is 2. The van der Waals surface area contributed by atoms with Crippen molar-refractivity contribution in [1.82, 2.24) is 20.9 Å². The van der Waals surface area contributed by atoms with Crippen molar-refractivity contribution in [1.29, 1.82) is 0 Å². The molecule has 0 radical (unpaired) electrons. The summed E-state index contributed by atoms with van der Waals surface area (Å²) in [6, 6.07) is 4.91. The molecule has 3 amide bonds. The number of aromatic nitrogens is 1. The standard InChI is InChI=1S/C32H50N4O7/c1-9-19(4)27(35-30(40)28(20(5)10-2)36-31(41)43-32(6,7)8)29(39)34-24(25(37)17-26(38)42-11-3)16-21-18-33-23-15-13-12-14-22(21)23/h12-15,18-20,24-25,27-28,33,37H,9-11,16-17H2,1-8H3,(H,34,39)(H,35,40)(H,36,41)/t19-,20-,24-,25?,27-,28-/m0/s1. The molecule has 1 unspecified atom stereocenters. The van der Waals surface area contributed by atoms with E-state index >= 15 is 0 Å². The number of esters is 1. The first-order chi connectivity index (χ1) is 20.2. The van der Waals surface area contributed by atoms with Crippen LogP contribution in [0.4, 0.5) is 4.79 Å². The largest absolute Gasteiger partial charge is 0.466 e. The minimum absolute atomic E-state index is 0.168. The molecular formula is C32H50N4O7. The average Bonchev–Trinajstić information content (AvgIpc) is 3.35. The molecule has 0 aliphatic rings. The van der Waals surface area contributed by atoms with E-state index in [1.807, 2.05) is 58.2 Å². The summed E-state index contributed by atoms with van der Waals surface area (Å²) in [5, 5.41) is 20.4. The summed E-state index contributed by atoms with van der Waals surface area (Å²) in [6.45, 7) is 14.5. The third-order valence-electron chi connectivity index (χ3n) is 7.55. The van der Waals surface area contributed by atoms with Crippen molar-refractivity contribution in [2.75, 3.05) is 6.61 Å². The number of para-hydroxylation sites is 1. The number of alkyl carbamates (subject to hydrolysis) is 1. The number of hydrogen-bond donors (Lipinski definition) is 5. The molecule has 0 saturated carbocycles. The fourth-order valence-corrected chi connectivity index (χ4v) is 4.71. The number of aliphatic hydroxyl groups is 1. The van der Waals surface area contributed by atoms with Crippen molar-refractivity contribution in [2.24, 2.45) is 11.8 Å². The first-order valence-corrected chi connectivity index (χ1v) is 15.2. The van der Waals surface area contributed by atoms with Gasteiger partial charge in [-0.3, -0.25) is 14.4 Å². The van der Waals surface area contributed by atoms with Crippen molar-refractivity contribution in [3.63, 3.8) is 0 Å². The predicted octanol–water partition coefficient (Wildman–Crippen LogP) is 3.98. The summed E-state index contributed by atoms with van der Waals surface area (Å²) in [6.07, 6.45) is 0.939. The molecule has 0 aliphatic heterocycles. The number of aromatic amines is 1. The zero-order valence-corrected chi connectivity index (χ0v) is 26.8. The lowest BCUT2D eigenvalue weighted by molar-refractivity contribution is -0.146. The summed E-state index contributed by atoms with van der Waals surface area (Å²) < 4.78 is 10.4. The molecule has 0 fully saturated rings. The molecule has 1 aromatic carbocycles. The molecule has 0 aliphatic carbocycles. The number of carbonyl (C=O) groups is 4. The fourth-order valence-electron chi connectivity index (χ4n) is 4.71. The van der Waals surface area contributed by atoms with E-state index in [0.717, 1.165) is 16.5 Å². The zero-order chi connectivity index (χ0) is 32.3. The second-order valence-corrected chi connectivity index (χ2v) is 12.1. The number of nitrogens with one attached hydrogen (secondary N) is 4. The van der Waals surface area contributed by atoms with Gasteiger partial charge in [0.15, 0.2) is 0 Å². The molecule has 5 N–H and O–H groups in total. The third kappa shape index (κ3) is 10.9. The van der Waals surface area contributed by atoms with Crippen LogP contribution in [-0.2, 0) is 30.3 Å². The Balaban J connectivity index is 2.32. The summed E-state index contributed by atoms with van der Waals surface area (Å²) in [7, 11) is 0. The van der Waals surface area contributed by atoms with Crippen LogP contribution in [0.5, 0.6) is 0 Å². The van der Waals surface area contributed by atoms with E-state index in [2.05, 4.69) is 20.9 Å². The monoisotopic (exact) mass is 602 g/mol. The van der Waals surface area contributed by atoms with E-state index in [0.29, 0.717) is 12.8 Å². The number of fused-ring (bicyclic) bond motifs is 1. The maximum Gasteiger partial charge on any atom is 0.408 e. The van der Waals surface area contributed by atoms with Gasteiger partial charge in [-0.15, -0.1) is 0 Å². The lowest BCUT2D eigenvalue weighted by atomic mass is 9.93. The molecule has 11 heteroatoms. The zero-order valence-electron chi connectivity index (χ0n) is 26.8. The number of rotatable bonds is 15. The molecule has 240 valence electrons. The Labute approximate surface area is 254 Å². The summed E-state index contributed by atoms with van der Waals surface area (Å²) >= 11 is 0. The number of carbonyl (C=O) groups excluding carboxylic acids is 4. The number of hydrogen-bond acceptors (Lipinski definition) is 7. The third-order valence-corrected chi connectivity index (χ3v) is 7.55. The minimum atomic E-state index is -1.24. The Morgan fingerprint density at radius 1 is 0.907 bits per heavy atom. The molecule has 0 spiro atoms. The van der Waals surface area contributed by atoms with E-state index in [9.17, 15) is 24.3 Å². The summed E-state index contributed by atoms with van der Waals surface area (Å²) in [5.41, 5.74) is 1.01. The molecule has 43 heavy (non-hydrogen) atoms. The SMILES string of the molecule is CCOC(=O)CC(O)[C@H](Cc1c[nH]c2ccccc12)NC(=O)[C@@H](NC(=O)[C@@H](NC(=O)OC(C)(C)C)[C@@H](C)CC)[C@@H](C)CC. The minimum Gasteiger partial charge on any atom is -0.466 e. The van der Waals surface area contributed by atoms with Gasteiger partial charge in [-0.25, -0.2) is 4.79 Å². The Kier molecular flexibility index (Phi) is 13.5. The Morgan fingerprint density at radius 3 is 2.07 bits per heavy atom. The normalized spacial score (nSPS) is 15.8. The Bertz CT molecular complexity index is 1220. The predicted molar refractivity (Wildman–Crippen MR) is 165 cm³/mol. The van der Waals surface area contributed by atoms with E-state index in [1.54, 1.807) is 27.7 Å². The molecule has 0 saturated heterocycles. The number of benzene rings is 1. The van der Waals surface area contributed by atoms with Crippen molar-refractivity contribution in [3.05, 3.63) is 36.0 Å². The van der Waals surface area contributed by atoms with Gasteiger partial charge in [0.2, 0.25) is 11.8 Å². The van der Waals surface area contributed by atoms with Gasteiger partial charge in [-0.2, -0.15) is 0 Å². The number of aliphatic hydroxyl groups excluding tert-OH is 1. The highest BCUT2D eigenvalue weighted by Crippen LogP contribution is 2.21. The smallest absolute Gasteiger partial charge is 0.408 e. The number of amides is 3. The quantitative estimate of drug-likeness (QED) is 0.193. The van der Waals surface area contributed by atoms with Gasteiger partial charge >= 0.3 is 12.1 Å². The number of H-pyrrole nitrogens is 1. The van der Waals surface area contributed by atoms with Gasteiger partial charge in [0.05, 0.1) is 25.2 Å². The van der Waals surface area contributed by atoms with Crippen LogP contribution < -0.4 is 16.0 Å². The second kappa shape index (κ2) is 16.3. The van der Waals surface area contributed by atoms with Crippen molar-refractivity contribution < 1.29 is 33.8 Å². The molecule has 0 bridgehead atoms. The lowest BCUT2D eigenvalue weighted by Gasteiger charge is -2.31. The highest BCUT2D eigenvalue weighted by atomic mass is 16.6. The summed E-state index contributed by atoms with van der Waals surface area (Å²) in [4.78, 5) is 55.3. The molecule has 6 atom stereocenters. The molecular weight excluding hydrogens is 552 g/mol. The van der Waals surface area contributed by atoms with Gasteiger partial charge in [-0.1, -0.05) is 58.7 Å². The van der Waals surface area contributed by atoms with E-state index in [4.69, 9.17) is 9.47 Å². The van der Waals surface area contributed by atoms with E-state index in [1.165, 1.54) is 0 Å².